The number of fused-ring (bicyclic) bond motifs is 1. The highest BCUT2D eigenvalue weighted by Gasteiger charge is 2.31. The Bertz CT molecular complexity index is 1850. The minimum Gasteiger partial charge on any atom is -0.488 e. The SMILES string of the molecule is Cc1ccc(COc2ccc([N+](=O)[O-])cc2C=Nn2c(-c3cccc(C(F)(F)F)c3)nc3ccccc3c2=O)cc1. The van der Waals surface area contributed by atoms with Crippen LogP contribution in [-0.4, -0.2) is 20.8 Å². The Morgan fingerprint density at radius 1 is 1.00 bits per heavy atom. The average molecular weight is 559 g/mol. The summed E-state index contributed by atoms with van der Waals surface area (Å²) >= 11 is 0. The molecule has 4 aromatic carbocycles. The van der Waals surface area contributed by atoms with E-state index in [1.807, 2.05) is 31.2 Å². The summed E-state index contributed by atoms with van der Waals surface area (Å²) in [4.78, 5) is 28.8. The molecular formula is C30H21F3N4O4. The van der Waals surface area contributed by atoms with E-state index in [1.54, 1.807) is 18.2 Å². The number of ether oxygens (including phenoxy) is 1. The first kappa shape index (κ1) is 27.3. The minimum absolute atomic E-state index is 0.00900. The molecule has 5 rings (SSSR count). The van der Waals surface area contributed by atoms with Gasteiger partial charge in [0, 0.05) is 23.3 Å². The van der Waals surface area contributed by atoms with E-state index >= 15 is 0 Å². The smallest absolute Gasteiger partial charge is 0.416 e. The van der Waals surface area contributed by atoms with Crippen LogP contribution in [-0.2, 0) is 12.8 Å². The Labute approximate surface area is 231 Å². The third kappa shape index (κ3) is 5.98. The third-order valence-corrected chi connectivity index (χ3v) is 6.23. The normalized spacial score (nSPS) is 11.7. The van der Waals surface area contributed by atoms with Crippen molar-refractivity contribution in [2.45, 2.75) is 19.7 Å². The molecule has 1 aromatic heterocycles. The maximum Gasteiger partial charge on any atom is 0.416 e. The van der Waals surface area contributed by atoms with Crippen LogP contribution in [0.5, 0.6) is 5.75 Å². The van der Waals surface area contributed by atoms with Crippen LogP contribution in [0.4, 0.5) is 18.9 Å². The van der Waals surface area contributed by atoms with E-state index in [1.165, 1.54) is 42.6 Å². The summed E-state index contributed by atoms with van der Waals surface area (Å²) in [6.07, 6.45) is -3.43. The van der Waals surface area contributed by atoms with Gasteiger partial charge in [-0.05, 0) is 42.8 Å². The molecule has 206 valence electrons. The van der Waals surface area contributed by atoms with Crippen molar-refractivity contribution in [3.05, 3.63) is 134 Å². The third-order valence-electron chi connectivity index (χ3n) is 6.23. The van der Waals surface area contributed by atoms with Crippen molar-refractivity contribution in [2.24, 2.45) is 5.10 Å². The molecule has 0 unspecified atom stereocenters. The molecule has 5 aromatic rings. The van der Waals surface area contributed by atoms with E-state index in [-0.39, 0.29) is 45.9 Å². The maximum absolute atomic E-state index is 13.5. The van der Waals surface area contributed by atoms with E-state index < -0.39 is 22.2 Å². The summed E-state index contributed by atoms with van der Waals surface area (Å²) in [5.41, 5.74) is 0.605. The van der Waals surface area contributed by atoms with E-state index in [9.17, 15) is 28.1 Å². The van der Waals surface area contributed by atoms with Crippen LogP contribution in [0.2, 0.25) is 0 Å². The highest BCUT2D eigenvalue weighted by Crippen LogP contribution is 2.32. The molecule has 0 radical (unpaired) electrons. The molecule has 0 fully saturated rings. The lowest BCUT2D eigenvalue weighted by Crippen LogP contribution is -2.20. The number of hydrogen-bond acceptors (Lipinski definition) is 6. The Balaban J connectivity index is 1.62. The van der Waals surface area contributed by atoms with Crippen LogP contribution < -0.4 is 10.3 Å². The molecule has 0 saturated heterocycles. The quantitative estimate of drug-likeness (QED) is 0.125. The number of nitro benzene ring substituents is 1. The fraction of sp³-hybridized carbons (Fsp3) is 0.100. The van der Waals surface area contributed by atoms with Gasteiger partial charge >= 0.3 is 6.18 Å². The molecule has 0 aliphatic heterocycles. The predicted molar refractivity (Wildman–Crippen MR) is 148 cm³/mol. The van der Waals surface area contributed by atoms with Gasteiger partial charge in [-0.2, -0.15) is 22.9 Å². The number of hydrogen-bond donors (Lipinski definition) is 0. The first-order chi connectivity index (χ1) is 19.6. The van der Waals surface area contributed by atoms with Crippen LogP contribution in [0.15, 0.2) is 101 Å². The van der Waals surface area contributed by atoms with Gasteiger partial charge in [-0.1, -0.05) is 54.1 Å². The number of aromatic nitrogens is 2. The number of aryl methyl sites for hydroxylation is 1. The van der Waals surface area contributed by atoms with E-state index in [0.29, 0.717) is 0 Å². The first-order valence-corrected chi connectivity index (χ1v) is 12.3. The summed E-state index contributed by atoms with van der Waals surface area (Å²) in [5.74, 6) is 0.117. The standard InChI is InChI=1S/C30H21F3N4O4/c1-19-9-11-20(12-10-19)18-41-27-14-13-24(37(39)40)16-22(27)17-34-36-28(21-5-4-6-23(15-21)30(31,32)33)35-26-8-3-2-7-25(26)29(36)38/h2-17H,18H2,1H3. The number of benzene rings is 4. The number of rotatable bonds is 7. The zero-order valence-corrected chi connectivity index (χ0v) is 21.5. The van der Waals surface area contributed by atoms with E-state index in [2.05, 4.69) is 10.1 Å². The molecular weight excluding hydrogens is 537 g/mol. The fourth-order valence-electron chi connectivity index (χ4n) is 4.10. The van der Waals surface area contributed by atoms with Crippen molar-refractivity contribution in [3.8, 4) is 17.1 Å². The van der Waals surface area contributed by atoms with Gasteiger partial charge in [-0.3, -0.25) is 14.9 Å². The van der Waals surface area contributed by atoms with Crippen LogP contribution in [0.3, 0.4) is 0 Å². The summed E-state index contributed by atoms with van der Waals surface area (Å²) < 4.78 is 47.2. The van der Waals surface area contributed by atoms with Crippen molar-refractivity contribution in [1.82, 2.24) is 9.66 Å². The molecule has 41 heavy (non-hydrogen) atoms. The molecule has 0 N–H and O–H groups in total. The lowest BCUT2D eigenvalue weighted by Gasteiger charge is -2.12. The van der Waals surface area contributed by atoms with Gasteiger partial charge in [0.15, 0.2) is 5.82 Å². The minimum atomic E-state index is -4.62. The second kappa shape index (κ2) is 11.0. The molecule has 0 aliphatic carbocycles. The number of para-hydroxylation sites is 1. The number of halogens is 3. The van der Waals surface area contributed by atoms with Crippen LogP contribution in [0.1, 0.15) is 22.3 Å². The van der Waals surface area contributed by atoms with Crippen LogP contribution in [0.25, 0.3) is 22.3 Å². The Hall–Kier alpha value is -5.32. The molecule has 8 nitrogen and oxygen atoms in total. The maximum atomic E-state index is 13.5. The van der Waals surface area contributed by atoms with Crippen LogP contribution >= 0.6 is 0 Å². The number of nitro groups is 1. The molecule has 0 amide bonds. The van der Waals surface area contributed by atoms with E-state index in [4.69, 9.17) is 4.74 Å². The topological polar surface area (TPSA) is 99.6 Å². The first-order valence-electron chi connectivity index (χ1n) is 12.3. The van der Waals surface area contributed by atoms with Gasteiger partial charge in [0.05, 0.1) is 27.6 Å². The molecule has 0 spiro atoms. The predicted octanol–water partition coefficient (Wildman–Crippen LogP) is 6.76. The average Bonchev–Trinajstić information content (AvgIpc) is 2.96. The van der Waals surface area contributed by atoms with Crippen molar-refractivity contribution in [2.75, 3.05) is 0 Å². The number of alkyl halides is 3. The van der Waals surface area contributed by atoms with Gasteiger partial charge in [-0.25, -0.2) is 4.98 Å². The lowest BCUT2D eigenvalue weighted by molar-refractivity contribution is -0.384. The van der Waals surface area contributed by atoms with Gasteiger partial charge in [-0.15, -0.1) is 0 Å². The summed E-state index contributed by atoms with van der Waals surface area (Å²) in [6, 6.07) is 22.3. The summed E-state index contributed by atoms with van der Waals surface area (Å²) in [6.45, 7) is 2.11. The monoisotopic (exact) mass is 558 g/mol. The zero-order chi connectivity index (χ0) is 29.1. The Morgan fingerprint density at radius 2 is 1.76 bits per heavy atom. The zero-order valence-electron chi connectivity index (χ0n) is 21.5. The Morgan fingerprint density at radius 3 is 2.49 bits per heavy atom. The number of nitrogens with zero attached hydrogens (tertiary/aromatic N) is 4. The van der Waals surface area contributed by atoms with Crippen LogP contribution in [0, 0.1) is 17.0 Å². The summed E-state index contributed by atoms with van der Waals surface area (Å²) in [7, 11) is 0. The largest absolute Gasteiger partial charge is 0.488 e. The van der Waals surface area contributed by atoms with Gasteiger partial charge in [0.2, 0.25) is 0 Å². The molecule has 0 saturated carbocycles. The molecule has 0 atom stereocenters. The molecule has 0 aliphatic rings. The highest BCUT2D eigenvalue weighted by molar-refractivity contribution is 5.85. The van der Waals surface area contributed by atoms with Crippen molar-refractivity contribution < 1.29 is 22.8 Å². The lowest BCUT2D eigenvalue weighted by atomic mass is 10.1. The highest BCUT2D eigenvalue weighted by atomic mass is 19.4. The molecule has 11 heteroatoms. The van der Waals surface area contributed by atoms with Crippen molar-refractivity contribution in [3.63, 3.8) is 0 Å². The number of non-ortho nitro benzene ring substituents is 1. The Kier molecular flexibility index (Phi) is 7.34. The molecule has 1 heterocycles. The fourth-order valence-corrected chi connectivity index (χ4v) is 4.10. The van der Waals surface area contributed by atoms with Crippen molar-refractivity contribution in [1.29, 1.82) is 0 Å². The molecule has 0 bridgehead atoms. The van der Waals surface area contributed by atoms with Crippen molar-refractivity contribution >= 4 is 22.8 Å². The second-order valence-electron chi connectivity index (χ2n) is 9.15. The van der Waals surface area contributed by atoms with E-state index in [0.717, 1.165) is 27.9 Å². The summed E-state index contributed by atoms with van der Waals surface area (Å²) in [5, 5.41) is 15.9. The van der Waals surface area contributed by atoms with Gasteiger partial charge in [0.1, 0.15) is 12.4 Å². The van der Waals surface area contributed by atoms with Gasteiger partial charge in [0.25, 0.3) is 11.2 Å². The second-order valence-corrected chi connectivity index (χ2v) is 9.15. The van der Waals surface area contributed by atoms with Gasteiger partial charge < -0.3 is 4.74 Å².